The van der Waals surface area contributed by atoms with Crippen LogP contribution in [0.15, 0.2) is 69.9 Å². The Labute approximate surface area is 160 Å². The summed E-state index contributed by atoms with van der Waals surface area (Å²) in [5.41, 5.74) is 2.79. The minimum absolute atomic E-state index is 0.0376. The molecule has 0 bridgehead atoms. The minimum atomic E-state index is -0.697. The average molecular weight is 379 g/mol. The second-order valence-electron chi connectivity index (χ2n) is 6.43. The van der Waals surface area contributed by atoms with Gasteiger partial charge in [0.15, 0.2) is 11.5 Å². The molecule has 1 aliphatic heterocycles. The summed E-state index contributed by atoms with van der Waals surface area (Å²) in [6.07, 6.45) is 1.39. The first-order valence-electron chi connectivity index (χ1n) is 8.44. The molecule has 2 aromatic heterocycles. The van der Waals surface area contributed by atoms with Crippen LogP contribution in [0.5, 0.6) is 0 Å². The molecule has 27 heavy (non-hydrogen) atoms. The van der Waals surface area contributed by atoms with E-state index in [1.54, 1.807) is 6.07 Å². The number of amides is 1. The third kappa shape index (κ3) is 2.78. The van der Waals surface area contributed by atoms with Gasteiger partial charge < -0.3 is 9.52 Å². The number of hydrogen-bond donors (Lipinski definition) is 1. The van der Waals surface area contributed by atoms with Crippen LogP contribution >= 0.6 is 11.3 Å². The SMILES string of the molecule is Cc1ccc(N2C(=O)C(O)=C(C(=O)c3ccco3)C2c2cccs2)cc1C. The molecule has 0 saturated carbocycles. The highest BCUT2D eigenvalue weighted by Crippen LogP contribution is 2.43. The smallest absolute Gasteiger partial charge is 0.294 e. The van der Waals surface area contributed by atoms with E-state index in [9.17, 15) is 14.7 Å². The highest BCUT2D eigenvalue weighted by Gasteiger charge is 2.45. The van der Waals surface area contributed by atoms with Crippen molar-refractivity contribution in [3.63, 3.8) is 0 Å². The molecule has 0 aliphatic carbocycles. The number of benzene rings is 1. The number of furan rings is 1. The number of thiophene rings is 1. The number of carbonyl (C=O) groups is 2. The standard InChI is InChI=1S/C21H17NO4S/c1-12-7-8-14(11-13(12)2)22-18(16-6-4-10-27-16)17(20(24)21(22)25)19(23)15-5-3-9-26-15/h3-11,18,24H,1-2H3. The molecule has 5 nitrogen and oxygen atoms in total. The van der Waals surface area contributed by atoms with Crippen LogP contribution in [0.1, 0.15) is 32.6 Å². The Hall–Kier alpha value is -3.12. The maximum atomic E-state index is 13.0. The normalized spacial score (nSPS) is 17.0. The zero-order chi connectivity index (χ0) is 19.1. The summed E-state index contributed by atoms with van der Waals surface area (Å²) in [6, 6.07) is 11.8. The zero-order valence-electron chi connectivity index (χ0n) is 14.8. The van der Waals surface area contributed by atoms with Crippen molar-refractivity contribution in [3.05, 3.63) is 87.2 Å². The first-order chi connectivity index (χ1) is 13.0. The minimum Gasteiger partial charge on any atom is -0.503 e. The van der Waals surface area contributed by atoms with Crippen molar-refractivity contribution in [3.8, 4) is 0 Å². The van der Waals surface area contributed by atoms with Crippen LogP contribution in [0.3, 0.4) is 0 Å². The fraction of sp³-hybridized carbons (Fsp3) is 0.143. The Balaban J connectivity index is 1.87. The molecule has 1 aromatic carbocycles. The van der Waals surface area contributed by atoms with Crippen molar-refractivity contribution in [2.45, 2.75) is 19.9 Å². The summed E-state index contributed by atoms with van der Waals surface area (Å²) in [5, 5.41) is 12.5. The Kier molecular flexibility index (Phi) is 4.20. The first-order valence-corrected chi connectivity index (χ1v) is 9.32. The van der Waals surface area contributed by atoms with Gasteiger partial charge in [-0.2, -0.15) is 0 Å². The van der Waals surface area contributed by atoms with E-state index >= 15 is 0 Å². The number of hydrogen-bond acceptors (Lipinski definition) is 5. The topological polar surface area (TPSA) is 70.8 Å². The van der Waals surface area contributed by atoms with Crippen LogP contribution in [-0.2, 0) is 4.79 Å². The number of aliphatic hydroxyl groups excluding tert-OH is 1. The molecule has 1 unspecified atom stereocenters. The van der Waals surface area contributed by atoms with Gasteiger partial charge in [0.1, 0.15) is 6.04 Å². The predicted molar refractivity (Wildman–Crippen MR) is 103 cm³/mol. The van der Waals surface area contributed by atoms with Gasteiger partial charge in [-0.25, -0.2) is 0 Å². The Bertz CT molecular complexity index is 1050. The molecule has 3 heterocycles. The highest BCUT2D eigenvalue weighted by molar-refractivity contribution is 7.10. The van der Waals surface area contributed by atoms with Crippen molar-refractivity contribution in [1.82, 2.24) is 0 Å². The Morgan fingerprint density at radius 3 is 2.59 bits per heavy atom. The van der Waals surface area contributed by atoms with Gasteiger partial charge in [0.2, 0.25) is 5.78 Å². The highest BCUT2D eigenvalue weighted by atomic mass is 32.1. The fourth-order valence-electron chi connectivity index (χ4n) is 3.24. The van der Waals surface area contributed by atoms with Crippen LogP contribution in [-0.4, -0.2) is 16.8 Å². The zero-order valence-corrected chi connectivity index (χ0v) is 15.6. The summed E-state index contributed by atoms with van der Waals surface area (Å²) in [7, 11) is 0. The summed E-state index contributed by atoms with van der Waals surface area (Å²) >= 11 is 1.43. The number of nitrogens with zero attached hydrogens (tertiary/aromatic N) is 1. The second kappa shape index (κ2) is 6.55. The van der Waals surface area contributed by atoms with Crippen molar-refractivity contribution in [2.24, 2.45) is 0 Å². The van der Waals surface area contributed by atoms with Crippen molar-refractivity contribution >= 4 is 28.7 Å². The molecule has 1 N–H and O–H groups in total. The lowest BCUT2D eigenvalue weighted by Gasteiger charge is -2.26. The molecule has 0 saturated heterocycles. The molecule has 0 fully saturated rings. The number of anilines is 1. The quantitative estimate of drug-likeness (QED) is 0.665. The fourth-order valence-corrected chi connectivity index (χ4v) is 4.06. The molecule has 0 radical (unpaired) electrons. The van der Waals surface area contributed by atoms with Gasteiger partial charge in [0, 0.05) is 10.6 Å². The average Bonchev–Trinajstić information content (AvgIpc) is 3.39. The Morgan fingerprint density at radius 1 is 1.15 bits per heavy atom. The van der Waals surface area contributed by atoms with Crippen molar-refractivity contribution < 1.29 is 19.1 Å². The van der Waals surface area contributed by atoms with Crippen molar-refractivity contribution in [2.75, 3.05) is 4.90 Å². The lowest BCUT2D eigenvalue weighted by Crippen LogP contribution is -2.30. The summed E-state index contributed by atoms with van der Waals surface area (Å²) in [5.74, 6) is -1.52. The largest absolute Gasteiger partial charge is 0.503 e. The van der Waals surface area contributed by atoms with E-state index in [4.69, 9.17) is 4.42 Å². The third-order valence-corrected chi connectivity index (χ3v) is 5.70. The number of ketones is 1. The van der Waals surface area contributed by atoms with E-state index < -0.39 is 23.5 Å². The van der Waals surface area contributed by atoms with Crippen LogP contribution in [0.4, 0.5) is 5.69 Å². The lowest BCUT2D eigenvalue weighted by molar-refractivity contribution is -0.117. The van der Waals surface area contributed by atoms with Gasteiger partial charge >= 0.3 is 0 Å². The van der Waals surface area contributed by atoms with Gasteiger partial charge in [0.05, 0.1) is 11.8 Å². The van der Waals surface area contributed by atoms with E-state index in [0.29, 0.717) is 5.69 Å². The number of rotatable bonds is 4. The molecular weight excluding hydrogens is 362 g/mol. The maximum absolute atomic E-state index is 13.0. The van der Waals surface area contributed by atoms with E-state index in [0.717, 1.165) is 16.0 Å². The number of aliphatic hydroxyl groups is 1. The second-order valence-corrected chi connectivity index (χ2v) is 7.41. The van der Waals surface area contributed by atoms with Crippen LogP contribution in [0.25, 0.3) is 0 Å². The van der Waals surface area contributed by atoms with Gasteiger partial charge in [-0.05, 0) is 60.7 Å². The molecule has 1 amide bonds. The summed E-state index contributed by atoms with van der Waals surface area (Å²) in [6.45, 7) is 3.95. The van der Waals surface area contributed by atoms with Crippen LogP contribution < -0.4 is 4.90 Å². The number of carbonyl (C=O) groups excluding carboxylic acids is 2. The van der Waals surface area contributed by atoms with Gasteiger partial charge in [-0.3, -0.25) is 14.5 Å². The monoisotopic (exact) mass is 379 g/mol. The van der Waals surface area contributed by atoms with Crippen LogP contribution in [0, 0.1) is 13.8 Å². The third-order valence-electron chi connectivity index (χ3n) is 4.78. The molecular formula is C21H17NO4S. The van der Waals surface area contributed by atoms with Crippen molar-refractivity contribution in [1.29, 1.82) is 0 Å². The molecule has 3 aromatic rings. The number of aryl methyl sites for hydroxylation is 2. The molecule has 1 atom stereocenters. The molecule has 1 aliphatic rings. The number of Topliss-reactive ketones (excluding diaryl/α,β-unsaturated/α-hetero) is 1. The lowest BCUT2D eigenvalue weighted by atomic mass is 10.00. The van der Waals surface area contributed by atoms with Gasteiger partial charge in [0.25, 0.3) is 5.91 Å². The first kappa shape index (κ1) is 17.3. The maximum Gasteiger partial charge on any atom is 0.294 e. The van der Waals surface area contributed by atoms with Crippen LogP contribution in [0.2, 0.25) is 0 Å². The van der Waals surface area contributed by atoms with E-state index in [2.05, 4.69) is 0 Å². The summed E-state index contributed by atoms with van der Waals surface area (Å²) < 4.78 is 5.21. The van der Waals surface area contributed by atoms with E-state index in [-0.39, 0.29) is 11.3 Å². The predicted octanol–water partition coefficient (Wildman–Crippen LogP) is 4.74. The van der Waals surface area contributed by atoms with Gasteiger partial charge in [-0.15, -0.1) is 11.3 Å². The van der Waals surface area contributed by atoms with Gasteiger partial charge in [-0.1, -0.05) is 12.1 Å². The molecule has 136 valence electrons. The molecule has 4 rings (SSSR count). The Morgan fingerprint density at radius 2 is 1.96 bits per heavy atom. The van der Waals surface area contributed by atoms with E-state index in [1.165, 1.54) is 28.6 Å². The summed E-state index contributed by atoms with van der Waals surface area (Å²) in [4.78, 5) is 28.2. The molecule has 6 heteroatoms. The molecule has 0 spiro atoms. The van der Waals surface area contributed by atoms with E-state index in [1.807, 2.05) is 49.6 Å².